The Bertz CT molecular complexity index is 750. The zero-order valence-electron chi connectivity index (χ0n) is 14.8. The Morgan fingerprint density at radius 2 is 2.17 bits per heavy atom. The first-order chi connectivity index (χ1) is 11.5. The molecule has 1 aromatic heterocycles. The summed E-state index contributed by atoms with van der Waals surface area (Å²) in [6, 6.07) is 6.72. The highest BCUT2D eigenvalue weighted by Crippen LogP contribution is 2.35. The van der Waals surface area contributed by atoms with Crippen molar-refractivity contribution in [1.82, 2.24) is 20.1 Å². The summed E-state index contributed by atoms with van der Waals surface area (Å²) in [6.45, 7) is 8.33. The van der Waals surface area contributed by atoms with Crippen molar-refractivity contribution < 1.29 is 4.74 Å². The minimum atomic E-state index is -0.0811. The lowest BCUT2D eigenvalue weighted by Gasteiger charge is -2.19. The number of aryl methyl sites for hydroxylation is 1. The number of hydrogen-bond acceptors (Lipinski definition) is 4. The molecule has 5 nitrogen and oxygen atoms in total. The van der Waals surface area contributed by atoms with Gasteiger partial charge >= 0.3 is 0 Å². The molecule has 2 aromatic rings. The Labute approximate surface area is 143 Å². The lowest BCUT2D eigenvalue weighted by atomic mass is 10.00. The van der Waals surface area contributed by atoms with Crippen molar-refractivity contribution in [1.29, 1.82) is 0 Å². The van der Waals surface area contributed by atoms with Crippen molar-refractivity contribution in [2.45, 2.75) is 71.2 Å². The predicted octanol–water partition coefficient (Wildman–Crippen LogP) is 3.18. The molecule has 0 unspecified atom stereocenters. The molecule has 0 saturated heterocycles. The third-order valence-electron chi connectivity index (χ3n) is 5.02. The quantitative estimate of drug-likeness (QED) is 0.937. The summed E-state index contributed by atoms with van der Waals surface area (Å²) >= 11 is 0. The van der Waals surface area contributed by atoms with Crippen LogP contribution < -0.4 is 10.1 Å². The van der Waals surface area contributed by atoms with Crippen molar-refractivity contribution >= 4 is 0 Å². The van der Waals surface area contributed by atoms with Crippen LogP contribution in [0.1, 0.15) is 62.4 Å². The van der Waals surface area contributed by atoms with Gasteiger partial charge in [0, 0.05) is 25.9 Å². The number of fused-ring (bicyclic) bond motifs is 2. The van der Waals surface area contributed by atoms with Crippen LogP contribution in [-0.2, 0) is 25.9 Å². The van der Waals surface area contributed by atoms with Crippen LogP contribution in [0.15, 0.2) is 18.2 Å². The van der Waals surface area contributed by atoms with Crippen LogP contribution in [0, 0.1) is 0 Å². The fraction of sp³-hybridized carbons (Fsp3) is 0.579. The second kappa shape index (κ2) is 5.88. The Balaban J connectivity index is 1.43. The van der Waals surface area contributed by atoms with E-state index in [-0.39, 0.29) is 11.6 Å². The number of ether oxygens (including phenoxy) is 1. The van der Waals surface area contributed by atoms with Gasteiger partial charge in [-0.25, -0.2) is 0 Å². The Morgan fingerprint density at radius 1 is 1.29 bits per heavy atom. The summed E-state index contributed by atoms with van der Waals surface area (Å²) in [6.07, 6.45) is 4.49. The van der Waals surface area contributed by atoms with Gasteiger partial charge in [0.25, 0.3) is 0 Å². The van der Waals surface area contributed by atoms with Gasteiger partial charge < -0.3 is 14.6 Å². The van der Waals surface area contributed by atoms with Gasteiger partial charge in [-0.05, 0) is 50.8 Å². The summed E-state index contributed by atoms with van der Waals surface area (Å²) in [5, 5.41) is 12.4. The number of nitrogens with one attached hydrogen (secondary N) is 1. The van der Waals surface area contributed by atoms with Gasteiger partial charge in [0.2, 0.25) is 0 Å². The summed E-state index contributed by atoms with van der Waals surface area (Å²) < 4.78 is 8.25. The van der Waals surface area contributed by atoms with Crippen molar-refractivity contribution in [2.75, 3.05) is 0 Å². The zero-order chi connectivity index (χ0) is 16.7. The first-order valence-corrected chi connectivity index (χ1v) is 8.98. The van der Waals surface area contributed by atoms with Crippen molar-refractivity contribution in [3.05, 3.63) is 41.0 Å². The molecule has 5 heteroatoms. The van der Waals surface area contributed by atoms with E-state index < -0.39 is 0 Å². The molecule has 0 bridgehead atoms. The normalized spacial score (nSPS) is 19.5. The molecule has 0 radical (unpaired) electrons. The van der Waals surface area contributed by atoms with Crippen molar-refractivity contribution in [3.8, 4) is 5.75 Å². The molecule has 1 atom stereocenters. The lowest BCUT2D eigenvalue weighted by Crippen LogP contribution is -2.24. The van der Waals surface area contributed by atoms with Crippen LogP contribution in [0.25, 0.3) is 0 Å². The number of hydrogen-bond donors (Lipinski definition) is 1. The minimum Gasteiger partial charge on any atom is -0.487 e. The first kappa shape index (κ1) is 15.6. The second-order valence-electron chi connectivity index (χ2n) is 7.67. The minimum absolute atomic E-state index is 0.0811. The second-order valence-corrected chi connectivity index (χ2v) is 7.67. The summed E-state index contributed by atoms with van der Waals surface area (Å²) in [5.41, 5.74) is 2.52. The topological polar surface area (TPSA) is 52.0 Å². The highest BCUT2D eigenvalue weighted by atomic mass is 16.5. The number of rotatable bonds is 4. The molecule has 2 aliphatic heterocycles. The van der Waals surface area contributed by atoms with Crippen LogP contribution in [0.3, 0.4) is 0 Å². The van der Waals surface area contributed by atoms with Gasteiger partial charge in [0.05, 0.1) is 6.04 Å². The molecule has 0 aliphatic carbocycles. The van der Waals surface area contributed by atoms with E-state index in [1.165, 1.54) is 24.0 Å². The summed E-state index contributed by atoms with van der Waals surface area (Å²) in [7, 11) is 0. The van der Waals surface area contributed by atoms with Crippen molar-refractivity contribution in [2.24, 2.45) is 0 Å². The summed E-state index contributed by atoms with van der Waals surface area (Å²) in [4.78, 5) is 0. The van der Waals surface area contributed by atoms with Gasteiger partial charge in [-0.15, -0.1) is 10.2 Å². The third kappa shape index (κ3) is 2.93. The standard InChI is InChI=1S/C19H26N4O/c1-13(18-22-21-17-6-4-5-9-23(17)18)20-12-14-7-8-16-15(10-14)11-19(2,3)24-16/h7-8,10,13,20H,4-6,9,11-12H2,1-3H3/t13-/m1/s1. The highest BCUT2D eigenvalue weighted by Gasteiger charge is 2.29. The first-order valence-electron chi connectivity index (χ1n) is 8.98. The maximum absolute atomic E-state index is 5.95. The van der Waals surface area contributed by atoms with E-state index in [1.54, 1.807) is 0 Å². The molecule has 0 amide bonds. The zero-order valence-corrected chi connectivity index (χ0v) is 14.8. The van der Waals surface area contributed by atoms with E-state index in [1.807, 2.05) is 0 Å². The van der Waals surface area contributed by atoms with Crippen molar-refractivity contribution in [3.63, 3.8) is 0 Å². The van der Waals surface area contributed by atoms with E-state index in [2.05, 4.69) is 59.1 Å². The molecule has 0 spiro atoms. The fourth-order valence-electron chi connectivity index (χ4n) is 3.79. The number of benzene rings is 1. The molecule has 1 N–H and O–H groups in total. The smallest absolute Gasteiger partial charge is 0.149 e. The lowest BCUT2D eigenvalue weighted by molar-refractivity contribution is 0.138. The molecular weight excluding hydrogens is 300 g/mol. The van der Waals surface area contributed by atoms with Crippen LogP contribution in [0.4, 0.5) is 0 Å². The summed E-state index contributed by atoms with van der Waals surface area (Å²) in [5.74, 6) is 3.24. The van der Waals surface area contributed by atoms with Gasteiger partial charge in [-0.2, -0.15) is 0 Å². The maximum atomic E-state index is 5.95. The number of nitrogens with zero attached hydrogens (tertiary/aromatic N) is 3. The van der Waals surface area contributed by atoms with E-state index in [4.69, 9.17) is 4.74 Å². The molecular formula is C19H26N4O. The Hall–Kier alpha value is -1.88. The van der Waals surface area contributed by atoms with E-state index in [0.717, 1.165) is 43.3 Å². The van der Waals surface area contributed by atoms with Crippen LogP contribution in [-0.4, -0.2) is 20.4 Å². The molecule has 128 valence electrons. The molecule has 1 aromatic carbocycles. The molecule has 4 rings (SSSR count). The van der Waals surface area contributed by atoms with Gasteiger partial charge in [0.1, 0.15) is 23.0 Å². The Kier molecular flexibility index (Phi) is 3.83. The van der Waals surface area contributed by atoms with E-state index in [9.17, 15) is 0 Å². The highest BCUT2D eigenvalue weighted by molar-refractivity contribution is 5.41. The van der Waals surface area contributed by atoms with Crippen LogP contribution >= 0.6 is 0 Å². The van der Waals surface area contributed by atoms with E-state index in [0.29, 0.717) is 0 Å². The predicted molar refractivity (Wildman–Crippen MR) is 93.1 cm³/mol. The average molecular weight is 326 g/mol. The monoisotopic (exact) mass is 326 g/mol. The van der Waals surface area contributed by atoms with Gasteiger partial charge in [-0.3, -0.25) is 0 Å². The average Bonchev–Trinajstić information content (AvgIpc) is 3.11. The molecule has 24 heavy (non-hydrogen) atoms. The molecule has 2 aliphatic rings. The van der Waals surface area contributed by atoms with Gasteiger partial charge in [0.15, 0.2) is 0 Å². The molecule has 0 fully saturated rings. The molecule has 0 saturated carbocycles. The SMILES string of the molecule is C[C@@H](NCc1ccc2c(c1)CC(C)(C)O2)c1nnc2n1CCCC2. The number of aromatic nitrogens is 3. The third-order valence-corrected chi connectivity index (χ3v) is 5.02. The van der Waals surface area contributed by atoms with E-state index >= 15 is 0 Å². The largest absolute Gasteiger partial charge is 0.487 e. The maximum Gasteiger partial charge on any atom is 0.149 e. The van der Waals surface area contributed by atoms with Gasteiger partial charge in [-0.1, -0.05) is 12.1 Å². The Morgan fingerprint density at radius 3 is 3.04 bits per heavy atom. The van der Waals surface area contributed by atoms with Crippen LogP contribution in [0.2, 0.25) is 0 Å². The molecule has 3 heterocycles. The van der Waals surface area contributed by atoms with Crippen LogP contribution in [0.5, 0.6) is 5.75 Å². The fourth-order valence-corrected chi connectivity index (χ4v) is 3.79.